The maximum Gasteiger partial charge on any atom is 0.319 e. The van der Waals surface area contributed by atoms with Crippen LogP contribution in [-0.2, 0) is 14.3 Å². The number of amides is 1. The maximum atomic E-state index is 12.2. The summed E-state index contributed by atoms with van der Waals surface area (Å²) in [6.45, 7) is 2.31. The van der Waals surface area contributed by atoms with Crippen molar-refractivity contribution in [2.24, 2.45) is 5.41 Å². The number of ether oxygens (including phenoxy) is 1. The van der Waals surface area contributed by atoms with E-state index in [9.17, 15) is 14.7 Å². The standard InChI is InChI=1S/C11H17NO4/c13-9(11(10(14)15)3-1-4-11)12-5-2-7-16-8-6-12/h1-8H2,(H,14,15). The number of carboxylic acid groups (broad SMARTS) is 1. The van der Waals surface area contributed by atoms with Gasteiger partial charge in [0.15, 0.2) is 0 Å². The van der Waals surface area contributed by atoms with E-state index in [0.717, 1.165) is 12.8 Å². The molecule has 1 aliphatic carbocycles. The van der Waals surface area contributed by atoms with Crippen molar-refractivity contribution in [1.82, 2.24) is 4.90 Å². The first-order valence-electron chi connectivity index (χ1n) is 5.77. The Hall–Kier alpha value is -1.10. The summed E-state index contributed by atoms with van der Waals surface area (Å²) in [7, 11) is 0. The van der Waals surface area contributed by atoms with Gasteiger partial charge in [-0.15, -0.1) is 0 Å². The SMILES string of the molecule is O=C(O)C1(C(=O)N2CCCOCC2)CCC1. The highest BCUT2D eigenvalue weighted by Gasteiger charge is 2.52. The number of carbonyl (C=O) groups excluding carboxylic acids is 1. The molecule has 0 radical (unpaired) electrons. The summed E-state index contributed by atoms with van der Waals surface area (Å²) in [5.74, 6) is -1.18. The molecule has 16 heavy (non-hydrogen) atoms. The van der Waals surface area contributed by atoms with Gasteiger partial charge in [0.2, 0.25) is 5.91 Å². The lowest BCUT2D eigenvalue weighted by molar-refractivity contribution is -0.167. The van der Waals surface area contributed by atoms with Gasteiger partial charge in [-0.1, -0.05) is 6.42 Å². The van der Waals surface area contributed by atoms with Gasteiger partial charge in [-0.05, 0) is 19.3 Å². The van der Waals surface area contributed by atoms with E-state index in [4.69, 9.17) is 4.74 Å². The third-order valence-corrected chi connectivity index (χ3v) is 3.54. The lowest BCUT2D eigenvalue weighted by Gasteiger charge is -2.39. The Morgan fingerprint density at radius 2 is 1.88 bits per heavy atom. The molecule has 0 aromatic heterocycles. The molecular weight excluding hydrogens is 210 g/mol. The highest BCUT2D eigenvalue weighted by Crippen LogP contribution is 2.42. The van der Waals surface area contributed by atoms with E-state index in [0.29, 0.717) is 39.1 Å². The first-order valence-corrected chi connectivity index (χ1v) is 5.77. The smallest absolute Gasteiger partial charge is 0.319 e. The molecule has 0 spiro atoms. The van der Waals surface area contributed by atoms with Crippen LogP contribution in [0.3, 0.4) is 0 Å². The minimum atomic E-state index is -1.12. The van der Waals surface area contributed by atoms with Crippen LogP contribution in [0.25, 0.3) is 0 Å². The van der Waals surface area contributed by atoms with Gasteiger partial charge in [-0.25, -0.2) is 0 Å². The van der Waals surface area contributed by atoms with Crippen molar-refractivity contribution in [1.29, 1.82) is 0 Å². The number of hydrogen-bond acceptors (Lipinski definition) is 3. The van der Waals surface area contributed by atoms with Crippen LogP contribution in [0.2, 0.25) is 0 Å². The second kappa shape index (κ2) is 4.41. The van der Waals surface area contributed by atoms with Crippen molar-refractivity contribution in [3.05, 3.63) is 0 Å². The molecule has 2 rings (SSSR count). The van der Waals surface area contributed by atoms with Gasteiger partial charge in [0.1, 0.15) is 5.41 Å². The minimum absolute atomic E-state index is 0.211. The predicted octanol–water partition coefficient (Wildman–Crippen LogP) is 0.490. The van der Waals surface area contributed by atoms with Crippen LogP contribution in [-0.4, -0.2) is 48.2 Å². The molecule has 0 aromatic rings. The van der Waals surface area contributed by atoms with Crippen LogP contribution < -0.4 is 0 Å². The normalized spacial score (nSPS) is 24.4. The van der Waals surface area contributed by atoms with Crippen LogP contribution >= 0.6 is 0 Å². The number of carbonyl (C=O) groups is 2. The van der Waals surface area contributed by atoms with Gasteiger partial charge in [0, 0.05) is 19.7 Å². The van der Waals surface area contributed by atoms with Gasteiger partial charge in [-0.2, -0.15) is 0 Å². The molecule has 1 heterocycles. The summed E-state index contributed by atoms with van der Waals surface area (Å²) in [6.07, 6.45) is 2.60. The van der Waals surface area contributed by atoms with Crippen LogP contribution in [0.4, 0.5) is 0 Å². The van der Waals surface area contributed by atoms with Gasteiger partial charge in [0.05, 0.1) is 6.61 Å². The lowest BCUT2D eigenvalue weighted by atomic mass is 9.67. The van der Waals surface area contributed by atoms with E-state index >= 15 is 0 Å². The molecule has 1 amide bonds. The molecule has 0 aromatic carbocycles. The Labute approximate surface area is 94.4 Å². The molecule has 0 atom stereocenters. The van der Waals surface area contributed by atoms with Gasteiger partial charge in [0.25, 0.3) is 0 Å². The Morgan fingerprint density at radius 1 is 1.12 bits per heavy atom. The molecule has 90 valence electrons. The summed E-state index contributed by atoms with van der Waals surface area (Å²) in [5.41, 5.74) is -1.12. The van der Waals surface area contributed by atoms with Gasteiger partial charge in [-0.3, -0.25) is 9.59 Å². The Balaban J connectivity index is 2.07. The molecule has 2 fully saturated rings. The number of rotatable bonds is 2. The molecule has 5 nitrogen and oxygen atoms in total. The topological polar surface area (TPSA) is 66.8 Å². The molecule has 1 saturated heterocycles. The zero-order valence-corrected chi connectivity index (χ0v) is 9.28. The first-order chi connectivity index (χ1) is 7.67. The Kier molecular flexibility index (Phi) is 3.14. The van der Waals surface area contributed by atoms with Gasteiger partial charge >= 0.3 is 5.97 Å². The molecule has 5 heteroatoms. The fourth-order valence-corrected chi connectivity index (χ4v) is 2.30. The molecule has 0 bridgehead atoms. The quantitative estimate of drug-likeness (QED) is 0.697. The van der Waals surface area contributed by atoms with Crippen LogP contribution in [0.1, 0.15) is 25.7 Å². The third-order valence-electron chi connectivity index (χ3n) is 3.54. The Bertz CT molecular complexity index is 290. The third kappa shape index (κ3) is 1.80. The van der Waals surface area contributed by atoms with E-state index in [1.807, 2.05) is 0 Å². The summed E-state index contributed by atoms with van der Waals surface area (Å²) in [5, 5.41) is 9.18. The molecule has 1 N–H and O–H groups in total. The van der Waals surface area contributed by atoms with Crippen molar-refractivity contribution >= 4 is 11.9 Å². The van der Waals surface area contributed by atoms with Crippen molar-refractivity contribution in [2.75, 3.05) is 26.3 Å². The molecule has 1 saturated carbocycles. The Morgan fingerprint density at radius 3 is 2.44 bits per heavy atom. The van der Waals surface area contributed by atoms with E-state index in [1.54, 1.807) is 4.90 Å². The van der Waals surface area contributed by atoms with Gasteiger partial charge < -0.3 is 14.7 Å². The van der Waals surface area contributed by atoms with Crippen LogP contribution in [0, 0.1) is 5.41 Å². The summed E-state index contributed by atoms with van der Waals surface area (Å²) in [6, 6.07) is 0. The summed E-state index contributed by atoms with van der Waals surface area (Å²) >= 11 is 0. The average molecular weight is 227 g/mol. The molecule has 2 aliphatic rings. The zero-order chi connectivity index (χ0) is 11.6. The largest absolute Gasteiger partial charge is 0.480 e. The van der Waals surface area contributed by atoms with E-state index in [2.05, 4.69) is 0 Å². The highest BCUT2D eigenvalue weighted by atomic mass is 16.5. The highest BCUT2D eigenvalue weighted by molar-refractivity contribution is 6.02. The average Bonchev–Trinajstić information content (AvgIpc) is 2.42. The van der Waals surface area contributed by atoms with Crippen molar-refractivity contribution in [3.63, 3.8) is 0 Å². The van der Waals surface area contributed by atoms with Crippen molar-refractivity contribution in [3.8, 4) is 0 Å². The van der Waals surface area contributed by atoms with E-state index < -0.39 is 11.4 Å². The monoisotopic (exact) mass is 227 g/mol. The zero-order valence-electron chi connectivity index (χ0n) is 9.28. The second-order valence-corrected chi connectivity index (χ2v) is 4.50. The van der Waals surface area contributed by atoms with Crippen molar-refractivity contribution in [2.45, 2.75) is 25.7 Å². The van der Waals surface area contributed by atoms with Crippen LogP contribution in [0.15, 0.2) is 0 Å². The number of carboxylic acids is 1. The summed E-state index contributed by atoms with van der Waals surface area (Å²) < 4.78 is 5.26. The number of nitrogens with zero attached hydrogens (tertiary/aromatic N) is 1. The van der Waals surface area contributed by atoms with E-state index in [1.165, 1.54) is 0 Å². The second-order valence-electron chi connectivity index (χ2n) is 4.50. The molecule has 1 aliphatic heterocycles. The predicted molar refractivity (Wildman–Crippen MR) is 55.9 cm³/mol. The minimum Gasteiger partial charge on any atom is -0.480 e. The molecule has 0 unspecified atom stereocenters. The number of aliphatic carboxylic acids is 1. The number of hydrogen-bond donors (Lipinski definition) is 1. The fraction of sp³-hybridized carbons (Fsp3) is 0.818. The fourth-order valence-electron chi connectivity index (χ4n) is 2.30. The van der Waals surface area contributed by atoms with Crippen molar-refractivity contribution < 1.29 is 19.4 Å². The lowest BCUT2D eigenvalue weighted by Crippen LogP contribution is -2.53. The maximum absolute atomic E-state index is 12.2. The van der Waals surface area contributed by atoms with E-state index in [-0.39, 0.29) is 5.91 Å². The first kappa shape index (κ1) is 11.4. The molecular formula is C11H17NO4. The summed E-state index contributed by atoms with van der Waals surface area (Å²) in [4.78, 5) is 25.0. The van der Waals surface area contributed by atoms with Crippen LogP contribution in [0.5, 0.6) is 0 Å².